The van der Waals surface area contributed by atoms with Gasteiger partial charge in [0.25, 0.3) is 0 Å². The zero-order chi connectivity index (χ0) is 16.4. The highest BCUT2D eigenvalue weighted by atomic mass is 16.5. The van der Waals surface area contributed by atoms with Gasteiger partial charge in [-0.05, 0) is 26.3 Å². The standard InChI is InChI=1S/C18H19N3O2/c1-3-23-17(22)18(2)8-9-21(12-18)16-13(10-19)11-20-15-7-5-4-6-14(15)16/h4-7,11H,3,8-9,12H2,1-2H3. The third kappa shape index (κ3) is 2.61. The van der Waals surface area contributed by atoms with E-state index >= 15 is 0 Å². The summed E-state index contributed by atoms with van der Waals surface area (Å²) in [4.78, 5) is 18.7. The van der Waals surface area contributed by atoms with Gasteiger partial charge < -0.3 is 9.64 Å². The molecule has 2 aromatic rings. The maximum absolute atomic E-state index is 12.2. The third-order valence-electron chi connectivity index (χ3n) is 4.43. The average molecular weight is 309 g/mol. The Labute approximate surface area is 135 Å². The molecule has 1 aromatic carbocycles. The first kappa shape index (κ1) is 15.3. The summed E-state index contributed by atoms with van der Waals surface area (Å²) < 4.78 is 5.21. The Kier molecular flexibility index (Phi) is 3.91. The molecule has 0 radical (unpaired) electrons. The van der Waals surface area contributed by atoms with E-state index in [0.717, 1.165) is 23.1 Å². The van der Waals surface area contributed by atoms with Gasteiger partial charge in [0.2, 0.25) is 0 Å². The fourth-order valence-corrected chi connectivity index (χ4v) is 3.17. The van der Waals surface area contributed by atoms with Crippen molar-refractivity contribution in [2.24, 2.45) is 5.41 Å². The Morgan fingerprint density at radius 3 is 3.00 bits per heavy atom. The maximum Gasteiger partial charge on any atom is 0.313 e. The van der Waals surface area contributed by atoms with Gasteiger partial charge in [-0.1, -0.05) is 18.2 Å². The molecule has 2 heterocycles. The lowest BCUT2D eigenvalue weighted by Gasteiger charge is -2.25. The number of anilines is 1. The highest BCUT2D eigenvalue weighted by molar-refractivity contribution is 5.95. The number of fused-ring (bicyclic) bond motifs is 1. The van der Waals surface area contributed by atoms with Crippen molar-refractivity contribution in [1.82, 2.24) is 4.98 Å². The van der Waals surface area contributed by atoms with Crippen LogP contribution in [-0.4, -0.2) is 30.6 Å². The Hall–Kier alpha value is -2.61. The summed E-state index contributed by atoms with van der Waals surface area (Å²) in [6.07, 6.45) is 2.32. The van der Waals surface area contributed by atoms with E-state index in [2.05, 4.69) is 16.0 Å². The number of nitriles is 1. The third-order valence-corrected chi connectivity index (χ3v) is 4.43. The van der Waals surface area contributed by atoms with Crippen LogP contribution in [0.5, 0.6) is 0 Å². The Morgan fingerprint density at radius 2 is 2.26 bits per heavy atom. The van der Waals surface area contributed by atoms with Crippen LogP contribution in [0.4, 0.5) is 5.69 Å². The predicted molar refractivity (Wildman–Crippen MR) is 88.0 cm³/mol. The normalized spacial score (nSPS) is 20.5. The first-order valence-electron chi connectivity index (χ1n) is 7.79. The van der Waals surface area contributed by atoms with E-state index < -0.39 is 5.41 Å². The minimum Gasteiger partial charge on any atom is -0.466 e. The number of hydrogen-bond donors (Lipinski definition) is 0. The molecule has 0 bridgehead atoms. The number of rotatable bonds is 3. The van der Waals surface area contributed by atoms with Gasteiger partial charge in [0.1, 0.15) is 6.07 Å². The van der Waals surface area contributed by atoms with Crippen molar-refractivity contribution in [3.63, 3.8) is 0 Å². The van der Waals surface area contributed by atoms with Gasteiger partial charge in [-0.3, -0.25) is 9.78 Å². The van der Waals surface area contributed by atoms with Crippen molar-refractivity contribution < 1.29 is 9.53 Å². The second-order valence-corrected chi connectivity index (χ2v) is 6.10. The molecule has 1 fully saturated rings. The molecule has 1 saturated heterocycles. The SMILES string of the molecule is CCOC(=O)C1(C)CCN(c2c(C#N)cnc3ccccc23)C1. The number of ether oxygens (including phenoxy) is 1. The van der Waals surface area contributed by atoms with Crippen molar-refractivity contribution in [3.8, 4) is 6.07 Å². The van der Waals surface area contributed by atoms with Gasteiger partial charge >= 0.3 is 5.97 Å². The van der Waals surface area contributed by atoms with Crippen molar-refractivity contribution >= 4 is 22.6 Å². The monoisotopic (exact) mass is 309 g/mol. The summed E-state index contributed by atoms with van der Waals surface area (Å²) in [5.74, 6) is -0.167. The summed E-state index contributed by atoms with van der Waals surface area (Å²) >= 11 is 0. The largest absolute Gasteiger partial charge is 0.466 e. The Bertz CT molecular complexity index is 796. The molecule has 5 heteroatoms. The molecule has 0 amide bonds. The lowest BCUT2D eigenvalue weighted by atomic mass is 9.90. The zero-order valence-electron chi connectivity index (χ0n) is 13.4. The van der Waals surface area contributed by atoms with Crippen molar-refractivity contribution in [2.45, 2.75) is 20.3 Å². The lowest BCUT2D eigenvalue weighted by Crippen LogP contribution is -2.33. The second-order valence-electron chi connectivity index (χ2n) is 6.10. The minimum atomic E-state index is -0.535. The Balaban J connectivity index is 2.02. The first-order valence-corrected chi connectivity index (χ1v) is 7.79. The lowest BCUT2D eigenvalue weighted by molar-refractivity contribution is -0.153. The van der Waals surface area contributed by atoms with Gasteiger partial charge in [0.15, 0.2) is 0 Å². The highest BCUT2D eigenvalue weighted by Gasteiger charge is 2.42. The molecule has 0 aliphatic carbocycles. The van der Waals surface area contributed by atoms with E-state index in [-0.39, 0.29) is 5.97 Å². The van der Waals surface area contributed by atoms with Crippen LogP contribution in [0.2, 0.25) is 0 Å². The van der Waals surface area contributed by atoms with Crippen LogP contribution in [0.3, 0.4) is 0 Å². The molecule has 1 unspecified atom stereocenters. The molecule has 23 heavy (non-hydrogen) atoms. The molecule has 1 aliphatic rings. The summed E-state index contributed by atoms with van der Waals surface area (Å²) in [6, 6.07) is 10.00. The number of esters is 1. The van der Waals surface area contributed by atoms with E-state index in [9.17, 15) is 10.1 Å². The number of aromatic nitrogens is 1. The molecule has 0 saturated carbocycles. The van der Waals surface area contributed by atoms with Crippen LogP contribution in [-0.2, 0) is 9.53 Å². The van der Waals surface area contributed by atoms with E-state index in [1.54, 1.807) is 6.20 Å². The van der Waals surface area contributed by atoms with Gasteiger partial charge in [-0.2, -0.15) is 5.26 Å². The summed E-state index contributed by atoms with van der Waals surface area (Å²) in [7, 11) is 0. The maximum atomic E-state index is 12.2. The summed E-state index contributed by atoms with van der Waals surface area (Å²) in [6.45, 7) is 5.40. The van der Waals surface area contributed by atoms with Crippen LogP contribution in [0.15, 0.2) is 30.5 Å². The summed E-state index contributed by atoms with van der Waals surface area (Å²) in [5, 5.41) is 10.4. The van der Waals surface area contributed by atoms with Crippen LogP contribution < -0.4 is 4.90 Å². The smallest absolute Gasteiger partial charge is 0.313 e. The quantitative estimate of drug-likeness (QED) is 0.816. The molecule has 0 spiro atoms. The Morgan fingerprint density at radius 1 is 1.48 bits per heavy atom. The average Bonchev–Trinajstić information content (AvgIpc) is 2.97. The number of carbonyl (C=O) groups is 1. The molecule has 118 valence electrons. The molecule has 5 nitrogen and oxygen atoms in total. The molecular formula is C18H19N3O2. The van der Waals surface area contributed by atoms with Gasteiger partial charge in [0.05, 0.1) is 28.8 Å². The molecule has 0 N–H and O–H groups in total. The van der Waals surface area contributed by atoms with E-state index in [1.807, 2.05) is 38.1 Å². The molecule has 1 aliphatic heterocycles. The minimum absolute atomic E-state index is 0.167. The number of para-hydroxylation sites is 1. The summed E-state index contributed by atoms with van der Waals surface area (Å²) in [5.41, 5.74) is 1.72. The zero-order valence-corrected chi connectivity index (χ0v) is 13.4. The second kappa shape index (κ2) is 5.88. The number of hydrogen-bond acceptors (Lipinski definition) is 5. The van der Waals surface area contributed by atoms with Crippen molar-refractivity contribution in [3.05, 3.63) is 36.0 Å². The van der Waals surface area contributed by atoms with Crippen molar-refractivity contribution in [1.29, 1.82) is 5.26 Å². The number of nitrogens with zero attached hydrogens (tertiary/aromatic N) is 3. The predicted octanol–water partition coefficient (Wildman–Crippen LogP) is 2.89. The van der Waals surface area contributed by atoms with Gasteiger partial charge in [-0.25, -0.2) is 0 Å². The highest BCUT2D eigenvalue weighted by Crippen LogP contribution is 2.38. The molecule has 1 atom stereocenters. The molecule has 1 aromatic heterocycles. The number of benzene rings is 1. The van der Waals surface area contributed by atoms with E-state index in [4.69, 9.17) is 4.74 Å². The fraction of sp³-hybridized carbons (Fsp3) is 0.389. The number of pyridine rings is 1. The fourth-order valence-electron chi connectivity index (χ4n) is 3.17. The van der Waals surface area contributed by atoms with Gasteiger partial charge in [-0.15, -0.1) is 0 Å². The van der Waals surface area contributed by atoms with Crippen LogP contribution >= 0.6 is 0 Å². The van der Waals surface area contributed by atoms with E-state index in [1.165, 1.54) is 0 Å². The number of carbonyl (C=O) groups excluding carboxylic acids is 1. The topological polar surface area (TPSA) is 66.2 Å². The van der Waals surface area contributed by atoms with Crippen LogP contribution in [0.25, 0.3) is 10.9 Å². The first-order chi connectivity index (χ1) is 11.1. The van der Waals surface area contributed by atoms with Crippen LogP contribution in [0.1, 0.15) is 25.8 Å². The van der Waals surface area contributed by atoms with Crippen LogP contribution in [0, 0.1) is 16.7 Å². The molecular weight excluding hydrogens is 290 g/mol. The van der Waals surface area contributed by atoms with Crippen molar-refractivity contribution in [2.75, 3.05) is 24.6 Å². The molecule has 3 rings (SSSR count). The van der Waals surface area contributed by atoms with E-state index in [0.29, 0.717) is 25.1 Å². The van der Waals surface area contributed by atoms with Gasteiger partial charge in [0, 0.05) is 24.7 Å².